The highest BCUT2D eigenvalue weighted by atomic mass is 127. The highest BCUT2D eigenvalue weighted by Gasteiger charge is 2.33. The molecule has 6 heteroatoms. The van der Waals surface area contributed by atoms with Crippen LogP contribution in [0.1, 0.15) is 42.3 Å². The Bertz CT molecular complexity index is 500. The van der Waals surface area contributed by atoms with Crippen molar-refractivity contribution in [2.45, 2.75) is 47.1 Å². The van der Waals surface area contributed by atoms with Gasteiger partial charge in [-0.15, -0.1) is 35.3 Å². The number of aliphatic imine (C=N–C) groups is 1. The van der Waals surface area contributed by atoms with Crippen LogP contribution >= 0.6 is 35.3 Å². The summed E-state index contributed by atoms with van der Waals surface area (Å²) in [5.41, 5.74) is 1.57. The first-order chi connectivity index (χ1) is 9.47. The minimum absolute atomic E-state index is 0. The Labute approximate surface area is 149 Å². The van der Waals surface area contributed by atoms with Gasteiger partial charge < -0.3 is 10.2 Å². The van der Waals surface area contributed by atoms with Crippen molar-refractivity contribution >= 4 is 41.3 Å². The second kappa shape index (κ2) is 7.76. The first kappa shape index (κ1) is 18.7. The Morgan fingerprint density at radius 2 is 2.19 bits per heavy atom. The Morgan fingerprint density at radius 1 is 1.48 bits per heavy atom. The SMILES string of the molecule is CCC1(C)CCN(C(=NC)NCc2sc(C)nc2C)C1.I. The molecule has 1 unspecified atom stereocenters. The van der Waals surface area contributed by atoms with E-state index in [1.165, 1.54) is 17.7 Å². The Morgan fingerprint density at radius 3 is 2.67 bits per heavy atom. The summed E-state index contributed by atoms with van der Waals surface area (Å²) < 4.78 is 0. The number of halogens is 1. The molecule has 0 spiro atoms. The average Bonchev–Trinajstić information content (AvgIpc) is 2.95. The highest BCUT2D eigenvalue weighted by molar-refractivity contribution is 14.0. The van der Waals surface area contributed by atoms with E-state index in [1.54, 1.807) is 11.3 Å². The third-order valence-corrected chi connectivity index (χ3v) is 5.40. The van der Waals surface area contributed by atoms with Gasteiger partial charge in [0.15, 0.2) is 5.96 Å². The summed E-state index contributed by atoms with van der Waals surface area (Å²) in [4.78, 5) is 12.6. The molecular formula is C15H27IN4S. The monoisotopic (exact) mass is 422 g/mol. The number of nitrogens with one attached hydrogen (secondary N) is 1. The highest BCUT2D eigenvalue weighted by Crippen LogP contribution is 2.32. The molecule has 1 aliphatic heterocycles. The number of nitrogens with zero attached hydrogens (tertiary/aromatic N) is 3. The lowest BCUT2D eigenvalue weighted by Crippen LogP contribution is -2.40. The van der Waals surface area contributed by atoms with E-state index in [4.69, 9.17) is 0 Å². The fraction of sp³-hybridized carbons (Fsp3) is 0.733. The number of likely N-dealkylation sites (tertiary alicyclic amines) is 1. The zero-order valence-electron chi connectivity index (χ0n) is 13.7. The van der Waals surface area contributed by atoms with E-state index in [2.05, 4.69) is 47.9 Å². The summed E-state index contributed by atoms with van der Waals surface area (Å²) in [7, 11) is 1.87. The lowest BCUT2D eigenvalue weighted by atomic mass is 9.87. The number of guanidine groups is 1. The Balaban J connectivity index is 0.00000220. The van der Waals surface area contributed by atoms with Crippen molar-refractivity contribution in [2.24, 2.45) is 10.4 Å². The van der Waals surface area contributed by atoms with E-state index in [-0.39, 0.29) is 24.0 Å². The van der Waals surface area contributed by atoms with Gasteiger partial charge in [0.1, 0.15) is 0 Å². The molecule has 1 fully saturated rings. The molecule has 1 atom stereocenters. The molecular weight excluding hydrogens is 395 g/mol. The normalized spacial score (nSPS) is 22.3. The van der Waals surface area contributed by atoms with Crippen molar-refractivity contribution < 1.29 is 0 Å². The number of aryl methyl sites for hydroxylation is 2. The van der Waals surface area contributed by atoms with E-state index >= 15 is 0 Å². The molecule has 2 rings (SSSR count). The summed E-state index contributed by atoms with van der Waals surface area (Å²) >= 11 is 1.77. The van der Waals surface area contributed by atoms with E-state index in [9.17, 15) is 0 Å². The standard InChI is InChI=1S/C15H26N4S.HI/c1-6-15(4)7-8-19(10-15)14(16-5)17-9-13-11(2)18-12(3)20-13;/h6-10H2,1-5H3,(H,16,17);1H. The van der Waals surface area contributed by atoms with Gasteiger partial charge in [-0.1, -0.05) is 13.8 Å². The molecule has 4 nitrogen and oxygen atoms in total. The van der Waals surface area contributed by atoms with Crippen LogP contribution in [0, 0.1) is 19.3 Å². The molecule has 1 aromatic heterocycles. The van der Waals surface area contributed by atoms with Crippen LogP contribution in [0.25, 0.3) is 0 Å². The Hall–Kier alpha value is -0.370. The number of hydrogen-bond donors (Lipinski definition) is 1. The third-order valence-electron chi connectivity index (χ3n) is 4.33. The van der Waals surface area contributed by atoms with Crippen molar-refractivity contribution in [3.63, 3.8) is 0 Å². The Kier molecular flexibility index (Phi) is 6.90. The van der Waals surface area contributed by atoms with Gasteiger partial charge in [0, 0.05) is 25.0 Å². The molecule has 1 aromatic rings. The van der Waals surface area contributed by atoms with E-state index in [0.717, 1.165) is 36.3 Å². The summed E-state index contributed by atoms with van der Waals surface area (Å²) in [5.74, 6) is 1.02. The van der Waals surface area contributed by atoms with Crippen LogP contribution < -0.4 is 5.32 Å². The molecule has 0 amide bonds. The van der Waals surface area contributed by atoms with Crippen molar-refractivity contribution in [1.29, 1.82) is 0 Å². The summed E-state index contributed by atoms with van der Waals surface area (Å²) in [6.45, 7) is 11.8. The predicted octanol–water partition coefficient (Wildman–Crippen LogP) is 3.58. The van der Waals surface area contributed by atoms with Crippen molar-refractivity contribution in [2.75, 3.05) is 20.1 Å². The second-order valence-electron chi connectivity index (χ2n) is 5.98. The first-order valence-corrected chi connectivity index (χ1v) is 8.17. The fourth-order valence-electron chi connectivity index (χ4n) is 2.72. The molecule has 0 saturated carbocycles. The van der Waals surface area contributed by atoms with Crippen molar-refractivity contribution in [3.8, 4) is 0 Å². The third kappa shape index (κ3) is 4.55. The molecule has 120 valence electrons. The quantitative estimate of drug-likeness (QED) is 0.460. The van der Waals surface area contributed by atoms with Crippen LogP contribution in [0.4, 0.5) is 0 Å². The smallest absolute Gasteiger partial charge is 0.193 e. The minimum atomic E-state index is 0. The van der Waals surface area contributed by atoms with Crippen molar-refractivity contribution in [3.05, 3.63) is 15.6 Å². The number of hydrogen-bond acceptors (Lipinski definition) is 3. The van der Waals surface area contributed by atoms with E-state index in [1.807, 2.05) is 7.05 Å². The molecule has 1 aliphatic rings. The molecule has 0 radical (unpaired) electrons. The van der Waals surface area contributed by atoms with Gasteiger partial charge in [0.2, 0.25) is 0 Å². The summed E-state index contributed by atoms with van der Waals surface area (Å²) in [5, 5.41) is 4.62. The molecule has 21 heavy (non-hydrogen) atoms. The number of thiazole rings is 1. The maximum atomic E-state index is 4.47. The van der Waals surface area contributed by atoms with Crippen molar-refractivity contribution in [1.82, 2.24) is 15.2 Å². The topological polar surface area (TPSA) is 40.5 Å². The van der Waals surface area contributed by atoms with Crippen LogP contribution in [0.5, 0.6) is 0 Å². The lowest BCUT2D eigenvalue weighted by molar-refractivity contribution is 0.322. The van der Waals surface area contributed by atoms with Crippen LogP contribution in [0.2, 0.25) is 0 Å². The fourth-order valence-corrected chi connectivity index (χ4v) is 3.60. The molecule has 2 heterocycles. The first-order valence-electron chi connectivity index (χ1n) is 7.36. The summed E-state index contributed by atoms with van der Waals surface area (Å²) in [6.07, 6.45) is 2.48. The van der Waals surface area contributed by atoms with Crippen LogP contribution in [0.3, 0.4) is 0 Å². The molecule has 0 bridgehead atoms. The van der Waals surface area contributed by atoms with Gasteiger partial charge in [0.25, 0.3) is 0 Å². The van der Waals surface area contributed by atoms with Crippen LogP contribution in [-0.2, 0) is 6.54 Å². The zero-order chi connectivity index (χ0) is 14.8. The van der Waals surface area contributed by atoms with Gasteiger partial charge in [-0.2, -0.15) is 0 Å². The number of aromatic nitrogens is 1. The largest absolute Gasteiger partial charge is 0.351 e. The van der Waals surface area contributed by atoms with E-state index < -0.39 is 0 Å². The lowest BCUT2D eigenvalue weighted by Gasteiger charge is -2.25. The van der Waals surface area contributed by atoms with Gasteiger partial charge in [-0.25, -0.2) is 4.98 Å². The maximum absolute atomic E-state index is 4.47. The minimum Gasteiger partial charge on any atom is -0.351 e. The predicted molar refractivity (Wildman–Crippen MR) is 102 cm³/mol. The van der Waals surface area contributed by atoms with E-state index in [0.29, 0.717) is 5.41 Å². The molecule has 1 N–H and O–H groups in total. The van der Waals surface area contributed by atoms with Gasteiger partial charge in [-0.3, -0.25) is 4.99 Å². The number of rotatable bonds is 3. The molecule has 1 saturated heterocycles. The summed E-state index contributed by atoms with van der Waals surface area (Å²) in [6, 6.07) is 0. The second-order valence-corrected chi connectivity index (χ2v) is 7.27. The van der Waals surface area contributed by atoms with Gasteiger partial charge >= 0.3 is 0 Å². The average molecular weight is 422 g/mol. The molecule has 0 aromatic carbocycles. The maximum Gasteiger partial charge on any atom is 0.193 e. The van der Waals surface area contributed by atoms with Crippen LogP contribution in [-0.4, -0.2) is 36.0 Å². The van der Waals surface area contributed by atoms with Gasteiger partial charge in [-0.05, 0) is 32.1 Å². The molecule has 0 aliphatic carbocycles. The zero-order valence-corrected chi connectivity index (χ0v) is 16.8. The van der Waals surface area contributed by atoms with Crippen LogP contribution in [0.15, 0.2) is 4.99 Å². The van der Waals surface area contributed by atoms with Gasteiger partial charge in [0.05, 0.1) is 17.2 Å².